The number of aryl methyl sites for hydroxylation is 2. The van der Waals surface area contributed by atoms with Gasteiger partial charge in [0.05, 0.1) is 23.5 Å². The topological polar surface area (TPSA) is 138 Å². The van der Waals surface area contributed by atoms with Crippen LogP contribution in [0.25, 0.3) is 11.3 Å². The van der Waals surface area contributed by atoms with Gasteiger partial charge < -0.3 is 25.4 Å². The number of hydrogen-bond donors (Lipinski definition) is 3. The molecule has 0 unspecified atom stereocenters. The Morgan fingerprint density at radius 2 is 1.84 bits per heavy atom. The summed E-state index contributed by atoms with van der Waals surface area (Å²) in [4.78, 5) is 61.3. The van der Waals surface area contributed by atoms with Gasteiger partial charge in [-0.1, -0.05) is 25.5 Å². The van der Waals surface area contributed by atoms with Crippen LogP contribution in [-0.4, -0.2) is 56.8 Å². The molecule has 3 N–H and O–H groups in total. The van der Waals surface area contributed by atoms with Gasteiger partial charge in [-0.3, -0.25) is 24.2 Å². The molecule has 0 radical (unpaired) electrons. The van der Waals surface area contributed by atoms with Gasteiger partial charge in [0, 0.05) is 55.0 Å². The normalized spacial score (nSPS) is 12.9. The maximum absolute atomic E-state index is 13.3. The number of aromatic nitrogens is 3. The lowest BCUT2D eigenvalue weighted by atomic mass is 10.0. The first-order chi connectivity index (χ1) is 21.2. The van der Waals surface area contributed by atoms with Crippen LogP contribution >= 0.6 is 0 Å². The Morgan fingerprint density at radius 1 is 1.05 bits per heavy atom. The smallest absolute Gasteiger partial charge is 0.293 e. The highest BCUT2D eigenvalue weighted by atomic mass is 16.2. The molecule has 2 aromatic carbocycles. The summed E-state index contributed by atoms with van der Waals surface area (Å²) in [5.74, 6) is -0.532. The van der Waals surface area contributed by atoms with Gasteiger partial charge >= 0.3 is 0 Å². The van der Waals surface area contributed by atoms with Crippen molar-refractivity contribution in [2.24, 2.45) is 7.05 Å². The fourth-order valence-corrected chi connectivity index (χ4v) is 5.07. The van der Waals surface area contributed by atoms with Gasteiger partial charge in [0.2, 0.25) is 5.91 Å². The minimum absolute atomic E-state index is 0.0271. The Hall–Kier alpha value is -5.32. The monoisotopic (exact) mass is 593 g/mol. The highest BCUT2D eigenvalue weighted by Crippen LogP contribution is 2.28. The van der Waals surface area contributed by atoms with Crippen molar-refractivity contribution in [2.75, 3.05) is 30.3 Å². The lowest BCUT2D eigenvalue weighted by Gasteiger charge is -2.26. The zero-order valence-electron chi connectivity index (χ0n) is 25.0. The summed E-state index contributed by atoms with van der Waals surface area (Å²) in [7, 11) is 1.65. The van der Waals surface area contributed by atoms with E-state index in [1.165, 1.54) is 9.47 Å². The van der Waals surface area contributed by atoms with E-state index in [9.17, 15) is 19.2 Å². The van der Waals surface area contributed by atoms with Crippen molar-refractivity contribution in [1.82, 2.24) is 24.8 Å². The number of amides is 3. The Labute approximate surface area is 255 Å². The van der Waals surface area contributed by atoms with Crippen molar-refractivity contribution in [2.45, 2.75) is 33.1 Å². The van der Waals surface area contributed by atoms with Gasteiger partial charge in [0.25, 0.3) is 17.4 Å². The number of carbonyl (C=O) groups excluding carboxylic acids is 3. The summed E-state index contributed by atoms with van der Waals surface area (Å²) < 4.78 is 1.45. The lowest BCUT2D eigenvalue weighted by Crippen LogP contribution is -2.49. The standard InChI is InChI=1S/C33H35N7O4/c1-4-5-10-27-25(9-7-16-34-27)31(42)38-26-11-6-8-24(21(26)2)28-19-39(3)33(44)30(37-28)36-23-14-12-22(13-15-23)32(43)40-18-17-35-29(41)20-40/h6-9,11-16,19H,4-5,10,17-18,20H2,1-3H3,(H,35,41)(H,36,37)(H,38,42). The van der Waals surface area contributed by atoms with Gasteiger partial charge in [-0.15, -0.1) is 0 Å². The number of benzene rings is 2. The molecule has 11 heteroatoms. The van der Waals surface area contributed by atoms with Crippen molar-refractivity contribution in [1.29, 1.82) is 0 Å². The van der Waals surface area contributed by atoms with Crippen LogP contribution in [-0.2, 0) is 18.3 Å². The highest BCUT2D eigenvalue weighted by molar-refractivity contribution is 6.05. The molecule has 0 saturated carbocycles. The third kappa shape index (κ3) is 6.67. The minimum Gasteiger partial charge on any atom is -0.353 e. The molecule has 1 aliphatic rings. The van der Waals surface area contributed by atoms with E-state index < -0.39 is 0 Å². The van der Waals surface area contributed by atoms with Crippen molar-refractivity contribution in [3.8, 4) is 11.3 Å². The second-order valence-electron chi connectivity index (χ2n) is 10.7. The summed E-state index contributed by atoms with van der Waals surface area (Å²) in [6.45, 7) is 4.90. The zero-order valence-corrected chi connectivity index (χ0v) is 25.0. The van der Waals surface area contributed by atoms with Gasteiger partial charge in [-0.2, -0.15) is 0 Å². The third-order valence-corrected chi connectivity index (χ3v) is 7.55. The molecule has 44 heavy (non-hydrogen) atoms. The van der Waals surface area contributed by atoms with E-state index in [2.05, 4.69) is 32.8 Å². The summed E-state index contributed by atoms with van der Waals surface area (Å²) in [6.07, 6.45) is 6.04. The largest absolute Gasteiger partial charge is 0.353 e. The highest BCUT2D eigenvalue weighted by Gasteiger charge is 2.22. The molecule has 4 aromatic rings. The van der Waals surface area contributed by atoms with Crippen LogP contribution in [0.2, 0.25) is 0 Å². The predicted molar refractivity (Wildman–Crippen MR) is 169 cm³/mol. The average Bonchev–Trinajstić information content (AvgIpc) is 3.03. The number of piperazine rings is 1. The van der Waals surface area contributed by atoms with Crippen LogP contribution < -0.4 is 21.5 Å². The van der Waals surface area contributed by atoms with Crippen molar-refractivity contribution in [3.63, 3.8) is 0 Å². The molecule has 1 aliphatic heterocycles. The molecule has 0 aliphatic carbocycles. The lowest BCUT2D eigenvalue weighted by molar-refractivity contribution is -0.123. The van der Waals surface area contributed by atoms with Crippen molar-refractivity contribution >= 4 is 34.9 Å². The molecule has 0 spiro atoms. The van der Waals surface area contributed by atoms with Crippen LogP contribution in [0.1, 0.15) is 51.7 Å². The zero-order chi connectivity index (χ0) is 31.2. The van der Waals surface area contributed by atoms with E-state index in [0.29, 0.717) is 41.3 Å². The predicted octanol–water partition coefficient (Wildman–Crippen LogP) is 4.06. The first-order valence-corrected chi connectivity index (χ1v) is 14.6. The second kappa shape index (κ2) is 13.3. The minimum atomic E-state index is -0.327. The SMILES string of the molecule is CCCCc1ncccc1C(=O)Nc1cccc(-c2cn(C)c(=O)c(Nc3ccc(C(=O)N4CCNC(=O)C4)cc3)n2)c1C. The molecule has 1 fully saturated rings. The van der Waals surface area contributed by atoms with Gasteiger partial charge in [0.1, 0.15) is 0 Å². The number of hydrogen-bond acceptors (Lipinski definition) is 7. The fraction of sp³-hybridized carbons (Fsp3) is 0.273. The molecule has 11 nitrogen and oxygen atoms in total. The molecule has 226 valence electrons. The maximum atomic E-state index is 13.3. The molecular weight excluding hydrogens is 558 g/mol. The third-order valence-electron chi connectivity index (χ3n) is 7.55. The van der Waals surface area contributed by atoms with Crippen molar-refractivity contribution in [3.05, 3.63) is 99.7 Å². The number of anilines is 3. The van der Waals surface area contributed by atoms with Crippen LogP contribution in [0.5, 0.6) is 0 Å². The maximum Gasteiger partial charge on any atom is 0.293 e. The van der Waals surface area contributed by atoms with Crippen molar-refractivity contribution < 1.29 is 14.4 Å². The van der Waals surface area contributed by atoms with E-state index >= 15 is 0 Å². The summed E-state index contributed by atoms with van der Waals surface area (Å²) >= 11 is 0. The number of carbonyl (C=O) groups is 3. The first-order valence-electron chi connectivity index (χ1n) is 14.6. The molecule has 3 amide bonds. The van der Waals surface area contributed by atoms with Crippen LogP contribution in [0.4, 0.5) is 17.2 Å². The molecule has 3 heterocycles. The number of rotatable bonds is 9. The van der Waals surface area contributed by atoms with E-state index in [1.807, 2.05) is 25.1 Å². The number of nitrogens with zero attached hydrogens (tertiary/aromatic N) is 4. The van der Waals surface area contributed by atoms with E-state index in [0.717, 1.165) is 36.1 Å². The second-order valence-corrected chi connectivity index (χ2v) is 10.7. The molecule has 1 saturated heterocycles. The molecular formula is C33H35N7O4. The number of pyridine rings is 1. The fourth-order valence-electron chi connectivity index (χ4n) is 5.07. The van der Waals surface area contributed by atoms with E-state index in [4.69, 9.17) is 0 Å². The molecule has 2 aromatic heterocycles. The molecule has 0 bridgehead atoms. The molecule has 0 atom stereocenters. The quantitative estimate of drug-likeness (QED) is 0.266. The van der Waals surface area contributed by atoms with Gasteiger partial charge in [0.15, 0.2) is 5.82 Å². The van der Waals surface area contributed by atoms with Crippen LogP contribution in [0.3, 0.4) is 0 Å². The van der Waals surface area contributed by atoms with Gasteiger partial charge in [-0.05, 0) is 67.8 Å². The first kappa shape index (κ1) is 30.1. The Kier molecular flexibility index (Phi) is 9.13. The average molecular weight is 594 g/mol. The Bertz CT molecular complexity index is 1770. The number of nitrogens with one attached hydrogen (secondary N) is 3. The summed E-state index contributed by atoms with van der Waals surface area (Å²) in [5, 5.41) is 8.82. The Balaban J connectivity index is 1.36. The molecule has 5 rings (SSSR count). The Morgan fingerprint density at radius 3 is 2.59 bits per heavy atom. The van der Waals surface area contributed by atoms with Crippen LogP contribution in [0.15, 0.2) is 71.8 Å². The van der Waals surface area contributed by atoms with E-state index in [1.54, 1.807) is 55.8 Å². The van der Waals surface area contributed by atoms with Crippen LogP contribution in [0, 0.1) is 6.92 Å². The van der Waals surface area contributed by atoms with Gasteiger partial charge in [-0.25, -0.2) is 4.98 Å². The summed E-state index contributed by atoms with van der Waals surface area (Å²) in [6, 6.07) is 15.8. The summed E-state index contributed by atoms with van der Waals surface area (Å²) in [5.41, 5.74) is 4.74. The number of unbranched alkanes of at least 4 members (excludes halogenated alkanes) is 1. The van der Waals surface area contributed by atoms with E-state index in [-0.39, 0.29) is 35.6 Å².